The highest BCUT2D eigenvalue weighted by atomic mass is 16.5. The van der Waals surface area contributed by atoms with Crippen LogP contribution >= 0.6 is 0 Å². The Hall–Kier alpha value is -3.36. The van der Waals surface area contributed by atoms with E-state index in [-0.39, 0.29) is 23.6 Å². The minimum absolute atomic E-state index is 0.106. The number of H-pyrrole nitrogens is 1. The molecule has 0 spiro atoms. The van der Waals surface area contributed by atoms with Crippen molar-refractivity contribution in [1.29, 1.82) is 0 Å². The third-order valence-electron chi connectivity index (χ3n) is 3.64. The number of hydrogen-bond acceptors (Lipinski definition) is 5. The number of carbonyl (C=O) groups is 1. The van der Waals surface area contributed by atoms with E-state index in [1.165, 1.54) is 22.5 Å². The predicted molar refractivity (Wildman–Crippen MR) is 91.8 cm³/mol. The van der Waals surface area contributed by atoms with Gasteiger partial charge in [0.25, 0.3) is 5.56 Å². The molecule has 3 rings (SSSR count). The van der Waals surface area contributed by atoms with Crippen molar-refractivity contribution in [2.45, 2.75) is 13.5 Å². The van der Waals surface area contributed by atoms with E-state index in [0.717, 1.165) is 0 Å². The van der Waals surface area contributed by atoms with Crippen LogP contribution in [0.1, 0.15) is 6.92 Å². The lowest BCUT2D eigenvalue weighted by molar-refractivity contribution is -0.116. The summed E-state index contributed by atoms with van der Waals surface area (Å²) in [6.45, 7) is 2.35. The first-order valence-corrected chi connectivity index (χ1v) is 7.66. The number of aromatic amines is 1. The second kappa shape index (κ2) is 6.63. The number of fused-ring (bicyclic) bond motifs is 1. The van der Waals surface area contributed by atoms with Crippen molar-refractivity contribution < 1.29 is 9.53 Å². The Balaban J connectivity index is 1.79. The number of anilines is 1. The van der Waals surface area contributed by atoms with Crippen molar-refractivity contribution in [3.05, 3.63) is 51.4 Å². The van der Waals surface area contributed by atoms with E-state index in [1.54, 1.807) is 24.3 Å². The number of aryl methyl sites for hydroxylation is 1. The lowest BCUT2D eigenvalue weighted by Crippen LogP contribution is -2.30. The third kappa shape index (κ3) is 3.30. The van der Waals surface area contributed by atoms with Gasteiger partial charge in [-0.05, 0) is 31.2 Å². The van der Waals surface area contributed by atoms with Gasteiger partial charge in [-0.1, -0.05) is 0 Å². The Morgan fingerprint density at radius 1 is 1.28 bits per heavy atom. The van der Waals surface area contributed by atoms with Crippen LogP contribution in [0.15, 0.2) is 40.2 Å². The SMILES string of the molecule is CCOc1ccc(NC(=O)Cn2cnc3c2c(=O)[nH]c(=O)n3C)cc1. The molecule has 0 atom stereocenters. The first kappa shape index (κ1) is 16.5. The zero-order chi connectivity index (χ0) is 18.0. The zero-order valence-electron chi connectivity index (χ0n) is 13.8. The van der Waals surface area contributed by atoms with Gasteiger partial charge in [-0.2, -0.15) is 0 Å². The Morgan fingerprint density at radius 2 is 2.00 bits per heavy atom. The fraction of sp³-hybridized carbons (Fsp3) is 0.250. The van der Waals surface area contributed by atoms with Gasteiger partial charge in [0.2, 0.25) is 5.91 Å². The number of carbonyl (C=O) groups excluding carboxylic acids is 1. The maximum atomic E-state index is 12.2. The topological polar surface area (TPSA) is 111 Å². The molecule has 2 N–H and O–H groups in total. The molecule has 0 radical (unpaired) electrons. The number of nitrogens with one attached hydrogen (secondary N) is 2. The van der Waals surface area contributed by atoms with E-state index >= 15 is 0 Å². The summed E-state index contributed by atoms with van der Waals surface area (Å²) < 4.78 is 7.96. The van der Waals surface area contributed by atoms with Gasteiger partial charge in [0.05, 0.1) is 12.9 Å². The van der Waals surface area contributed by atoms with Gasteiger partial charge in [0.15, 0.2) is 11.2 Å². The quantitative estimate of drug-likeness (QED) is 0.699. The molecule has 0 saturated carbocycles. The molecule has 1 aromatic carbocycles. The van der Waals surface area contributed by atoms with Crippen molar-refractivity contribution in [3.63, 3.8) is 0 Å². The first-order valence-electron chi connectivity index (χ1n) is 7.66. The van der Waals surface area contributed by atoms with Crippen LogP contribution in [0.25, 0.3) is 11.2 Å². The molecule has 0 aliphatic carbocycles. The van der Waals surface area contributed by atoms with Crippen LogP contribution in [-0.4, -0.2) is 31.6 Å². The number of imidazole rings is 1. The zero-order valence-corrected chi connectivity index (χ0v) is 13.8. The molecule has 1 amide bonds. The van der Waals surface area contributed by atoms with E-state index in [1.807, 2.05) is 6.92 Å². The number of aromatic nitrogens is 4. The molecule has 0 bridgehead atoms. The molecule has 0 fully saturated rings. The van der Waals surface area contributed by atoms with Crippen LogP contribution in [-0.2, 0) is 18.4 Å². The van der Waals surface area contributed by atoms with Crippen LogP contribution < -0.4 is 21.3 Å². The van der Waals surface area contributed by atoms with Gasteiger partial charge in [-0.3, -0.25) is 19.1 Å². The normalized spacial score (nSPS) is 10.8. The van der Waals surface area contributed by atoms with Crippen molar-refractivity contribution in [2.24, 2.45) is 7.05 Å². The van der Waals surface area contributed by atoms with Gasteiger partial charge in [-0.25, -0.2) is 9.78 Å². The summed E-state index contributed by atoms with van der Waals surface area (Å²) in [6.07, 6.45) is 1.36. The molecule has 0 unspecified atom stereocenters. The van der Waals surface area contributed by atoms with Crippen molar-refractivity contribution >= 4 is 22.8 Å². The average molecular weight is 343 g/mol. The lowest BCUT2D eigenvalue weighted by atomic mass is 10.3. The largest absolute Gasteiger partial charge is 0.494 e. The van der Waals surface area contributed by atoms with Gasteiger partial charge in [0, 0.05) is 12.7 Å². The summed E-state index contributed by atoms with van der Waals surface area (Å²) >= 11 is 0. The maximum Gasteiger partial charge on any atom is 0.329 e. The minimum Gasteiger partial charge on any atom is -0.494 e. The minimum atomic E-state index is -0.579. The molecule has 3 aromatic rings. The van der Waals surface area contributed by atoms with E-state index in [0.29, 0.717) is 18.0 Å². The van der Waals surface area contributed by atoms with Crippen LogP contribution in [0.3, 0.4) is 0 Å². The molecular formula is C16H17N5O4. The predicted octanol–water partition coefficient (Wildman–Crippen LogP) is 0.461. The van der Waals surface area contributed by atoms with Crippen LogP contribution in [0.2, 0.25) is 0 Å². The number of rotatable bonds is 5. The van der Waals surface area contributed by atoms with Gasteiger partial charge in [-0.15, -0.1) is 0 Å². The Bertz CT molecular complexity index is 1030. The first-order chi connectivity index (χ1) is 12.0. The van der Waals surface area contributed by atoms with Crippen molar-refractivity contribution in [2.75, 3.05) is 11.9 Å². The molecule has 130 valence electrons. The highest BCUT2D eigenvalue weighted by molar-refractivity contribution is 5.91. The van der Waals surface area contributed by atoms with Crippen molar-refractivity contribution in [3.8, 4) is 5.75 Å². The van der Waals surface area contributed by atoms with Crippen LogP contribution in [0.5, 0.6) is 5.75 Å². The van der Waals surface area contributed by atoms with E-state index in [4.69, 9.17) is 4.74 Å². The molecule has 2 heterocycles. The molecular weight excluding hydrogens is 326 g/mol. The van der Waals surface area contributed by atoms with E-state index in [2.05, 4.69) is 15.3 Å². The number of benzene rings is 1. The smallest absolute Gasteiger partial charge is 0.329 e. The van der Waals surface area contributed by atoms with E-state index in [9.17, 15) is 14.4 Å². The van der Waals surface area contributed by atoms with Crippen LogP contribution in [0, 0.1) is 0 Å². The average Bonchev–Trinajstić information content (AvgIpc) is 2.99. The summed E-state index contributed by atoms with van der Waals surface area (Å²) in [5, 5.41) is 2.74. The Morgan fingerprint density at radius 3 is 2.68 bits per heavy atom. The fourth-order valence-corrected chi connectivity index (χ4v) is 2.46. The van der Waals surface area contributed by atoms with Gasteiger partial charge >= 0.3 is 5.69 Å². The summed E-state index contributed by atoms with van der Waals surface area (Å²) in [4.78, 5) is 42.0. The second-order valence-corrected chi connectivity index (χ2v) is 5.37. The monoisotopic (exact) mass is 343 g/mol. The Labute approximate surface area is 141 Å². The van der Waals surface area contributed by atoms with Crippen molar-refractivity contribution in [1.82, 2.24) is 19.1 Å². The highest BCUT2D eigenvalue weighted by Crippen LogP contribution is 2.15. The summed E-state index contributed by atoms with van der Waals surface area (Å²) in [7, 11) is 1.50. The molecule has 9 heteroatoms. The lowest BCUT2D eigenvalue weighted by Gasteiger charge is -2.08. The number of amides is 1. The number of ether oxygens (including phenoxy) is 1. The van der Waals surface area contributed by atoms with Gasteiger partial charge < -0.3 is 14.6 Å². The molecule has 25 heavy (non-hydrogen) atoms. The summed E-state index contributed by atoms with van der Waals surface area (Å²) in [5.74, 6) is 0.394. The summed E-state index contributed by atoms with van der Waals surface area (Å²) in [6, 6.07) is 6.97. The van der Waals surface area contributed by atoms with Gasteiger partial charge in [0.1, 0.15) is 12.3 Å². The molecule has 2 aromatic heterocycles. The molecule has 0 aliphatic heterocycles. The molecule has 9 nitrogen and oxygen atoms in total. The molecule has 0 saturated heterocycles. The standard InChI is InChI=1S/C16H17N5O4/c1-3-25-11-6-4-10(5-7-11)18-12(22)8-21-9-17-14-13(21)15(23)19-16(24)20(14)2/h4-7,9H,3,8H2,1-2H3,(H,18,22)(H,19,23,24). The summed E-state index contributed by atoms with van der Waals surface area (Å²) in [5.41, 5.74) is -0.128. The number of hydrogen-bond donors (Lipinski definition) is 2. The van der Waals surface area contributed by atoms with E-state index < -0.39 is 11.2 Å². The second-order valence-electron chi connectivity index (χ2n) is 5.37. The maximum absolute atomic E-state index is 12.2. The Kier molecular flexibility index (Phi) is 4.38. The molecule has 0 aliphatic rings. The van der Waals surface area contributed by atoms with Crippen LogP contribution in [0.4, 0.5) is 5.69 Å². The fourth-order valence-electron chi connectivity index (χ4n) is 2.46. The third-order valence-corrected chi connectivity index (χ3v) is 3.64. The number of nitrogens with zero attached hydrogens (tertiary/aromatic N) is 3. The highest BCUT2D eigenvalue weighted by Gasteiger charge is 2.13.